The summed E-state index contributed by atoms with van der Waals surface area (Å²) in [7, 11) is -3.22. The van der Waals surface area contributed by atoms with Gasteiger partial charge in [-0.15, -0.1) is 0 Å². The van der Waals surface area contributed by atoms with Gasteiger partial charge in [-0.3, -0.25) is 0 Å². The number of hydrogen-bond acceptors (Lipinski definition) is 4. The molecule has 2 N–H and O–H groups in total. The van der Waals surface area contributed by atoms with E-state index < -0.39 is 9.84 Å². The second-order valence-electron chi connectivity index (χ2n) is 6.11. The Morgan fingerprint density at radius 3 is 2.19 bits per heavy atom. The summed E-state index contributed by atoms with van der Waals surface area (Å²) in [5.74, 6) is 0.726. The standard InChI is InChI=1S/C21H21NO3S/c1-26(23,24)19-10-8-18(9-11-19)20-12-7-17(14-22)13-21(20)25-15-16-5-3-2-4-6-16/h2-13H,14-15,22H2,1H3. The minimum absolute atomic E-state index is 0.298. The van der Waals surface area contributed by atoms with Crippen LogP contribution in [0.2, 0.25) is 0 Å². The summed E-state index contributed by atoms with van der Waals surface area (Å²) in [6, 6.07) is 22.6. The Bertz CT molecular complexity index is 982. The normalized spacial score (nSPS) is 11.3. The van der Waals surface area contributed by atoms with Crippen LogP contribution >= 0.6 is 0 Å². The van der Waals surface area contributed by atoms with Crippen molar-refractivity contribution >= 4 is 9.84 Å². The van der Waals surface area contributed by atoms with Crippen molar-refractivity contribution in [2.45, 2.75) is 18.0 Å². The number of nitrogens with two attached hydrogens (primary N) is 1. The highest BCUT2D eigenvalue weighted by Crippen LogP contribution is 2.32. The third-order valence-corrected chi connectivity index (χ3v) is 5.24. The maximum Gasteiger partial charge on any atom is 0.175 e. The van der Waals surface area contributed by atoms with Crippen LogP contribution in [0.3, 0.4) is 0 Å². The molecule has 3 rings (SSSR count). The number of hydrogen-bond donors (Lipinski definition) is 1. The van der Waals surface area contributed by atoms with Gasteiger partial charge in [-0.1, -0.05) is 54.6 Å². The second kappa shape index (κ2) is 7.72. The lowest BCUT2D eigenvalue weighted by Gasteiger charge is -2.14. The fourth-order valence-electron chi connectivity index (χ4n) is 2.67. The summed E-state index contributed by atoms with van der Waals surface area (Å²) in [4.78, 5) is 0.298. The Morgan fingerprint density at radius 1 is 0.885 bits per heavy atom. The summed E-state index contributed by atoms with van der Waals surface area (Å²) in [5, 5.41) is 0. The molecular weight excluding hydrogens is 346 g/mol. The molecule has 0 amide bonds. The van der Waals surface area contributed by atoms with Crippen molar-refractivity contribution in [1.29, 1.82) is 0 Å². The van der Waals surface area contributed by atoms with E-state index in [1.54, 1.807) is 24.3 Å². The molecule has 0 spiro atoms. The van der Waals surface area contributed by atoms with Gasteiger partial charge in [0.15, 0.2) is 9.84 Å². The van der Waals surface area contributed by atoms with Gasteiger partial charge >= 0.3 is 0 Å². The third-order valence-electron chi connectivity index (χ3n) is 4.11. The minimum Gasteiger partial charge on any atom is -0.488 e. The van der Waals surface area contributed by atoms with Crippen molar-refractivity contribution in [2.75, 3.05) is 6.26 Å². The molecule has 0 saturated carbocycles. The van der Waals surface area contributed by atoms with Gasteiger partial charge in [0.1, 0.15) is 12.4 Å². The Hall–Kier alpha value is -2.63. The molecule has 0 aliphatic heterocycles. The van der Waals surface area contributed by atoms with E-state index in [0.717, 1.165) is 28.0 Å². The van der Waals surface area contributed by atoms with Crippen LogP contribution in [0.4, 0.5) is 0 Å². The first kappa shape index (κ1) is 18.2. The largest absolute Gasteiger partial charge is 0.488 e. The molecule has 0 bridgehead atoms. The predicted octanol–water partition coefficient (Wildman–Crippen LogP) is 3.79. The highest BCUT2D eigenvalue weighted by molar-refractivity contribution is 7.90. The molecule has 3 aromatic rings. The number of sulfone groups is 1. The van der Waals surface area contributed by atoms with Gasteiger partial charge in [0.05, 0.1) is 4.90 Å². The molecule has 0 fully saturated rings. The van der Waals surface area contributed by atoms with Crippen LogP contribution < -0.4 is 10.5 Å². The van der Waals surface area contributed by atoms with Crippen LogP contribution in [0.15, 0.2) is 77.7 Å². The van der Waals surface area contributed by atoms with E-state index in [-0.39, 0.29) is 0 Å². The Morgan fingerprint density at radius 2 is 1.58 bits per heavy atom. The van der Waals surface area contributed by atoms with E-state index in [9.17, 15) is 8.42 Å². The van der Waals surface area contributed by atoms with Crippen molar-refractivity contribution in [3.63, 3.8) is 0 Å². The van der Waals surface area contributed by atoms with E-state index in [1.165, 1.54) is 6.26 Å². The van der Waals surface area contributed by atoms with Crippen LogP contribution in [-0.4, -0.2) is 14.7 Å². The zero-order chi connectivity index (χ0) is 18.6. The molecule has 5 heteroatoms. The highest BCUT2D eigenvalue weighted by atomic mass is 32.2. The average Bonchev–Trinajstić information content (AvgIpc) is 2.66. The molecule has 0 atom stereocenters. The summed E-state index contributed by atoms with van der Waals surface area (Å²) >= 11 is 0. The monoisotopic (exact) mass is 367 g/mol. The lowest BCUT2D eigenvalue weighted by atomic mass is 10.0. The predicted molar refractivity (Wildman–Crippen MR) is 104 cm³/mol. The summed E-state index contributed by atoms with van der Waals surface area (Å²) < 4.78 is 29.3. The maximum atomic E-state index is 11.7. The molecular formula is C21H21NO3S. The Kier molecular flexibility index (Phi) is 5.40. The molecule has 4 nitrogen and oxygen atoms in total. The smallest absolute Gasteiger partial charge is 0.175 e. The molecule has 134 valence electrons. The third kappa shape index (κ3) is 4.31. The molecule has 0 aliphatic carbocycles. The molecule has 3 aromatic carbocycles. The van der Waals surface area contributed by atoms with E-state index in [0.29, 0.717) is 18.0 Å². The van der Waals surface area contributed by atoms with Gasteiger partial charge in [0.25, 0.3) is 0 Å². The SMILES string of the molecule is CS(=O)(=O)c1ccc(-c2ccc(CN)cc2OCc2ccccc2)cc1. The van der Waals surface area contributed by atoms with Crippen LogP contribution in [-0.2, 0) is 23.0 Å². The number of rotatable bonds is 6. The Labute approximate surface area is 154 Å². The van der Waals surface area contributed by atoms with Crippen LogP contribution in [0.1, 0.15) is 11.1 Å². The van der Waals surface area contributed by atoms with Crippen LogP contribution in [0.5, 0.6) is 5.75 Å². The van der Waals surface area contributed by atoms with Gasteiger partial charge in [-0.05, 0) is 34.9 Å². The zero-order valence-corrected chi connectivity index (χ0v) is 15.4. The number of benzene rings is 3. The molecule has 0 heterocycles. The molecule has 26 heavy (non-hydrogen) atoms. The fourth-order valence-corrected chi connectivity index (χ4v) is 3.30. The lowest BCUT2D eigenvalue weighted by Crippen LogP contribution is -2.01. The summed E-state index contributed by atoms with van der Waals surface area (Å²) in [6.45, 7) is 0.873. The maximum absolute atomic E-state index is 11.7. The van der Waals surface area contributed by atoms with Gasteiger partial charge in [-0.25, -0.2) is 8.42 Å². The van der Waals surface area contributed by atoms with Gasteiger partial charge in [0.2, 0.25) is 0 Å². The van der Waals surface area contributed by atoms with Crippen LogP contribution in [0.25, 0.3) is 11.1 Å². The van der Waals surface area contributed by atoms with Crippen molar-refractivity contribution in [2.24, 2.45) is 5.73 Å². The quantitative estimate of drug-likeness (QED) is 0.719. The molecule has 0 aliphatic rings. The van der Waals surface area contributed by atoms with Crippen molar-refractivity contribution in [3.8, 4) is 16.9 Å². The molecule has 0 saturated heterocycles. The van der Waals surface area contributed by atoms with Crippen LogP contribution in [0, 0.1) is 0 Å². The van der Waals surface area contributed by atoms with Gasteiger partial charge in [-0.2, -0.15) is 0 Å². The minimum atomic E-state index is -3.22. The zero-order valence-electron chi connectivity index (χ0n) is 14.6. The van der Waals surface area contributed by atoms with E-state index in [2.05, 4.69) is 0 Å². The van der Waals surface area contributed by atoms with Crippen molar-refractivity contribution < 1.29 is 13.2 Å². The molecule has 0 unspecified atom stereocenters. The second-order valence-corrected chi connectivity index (χ2v) is 8.12. The molecule has 0 aromatic heterocycles. The van der Waals surface area contributed by atoms with Gasteiger partial charge in [0, 0.05) is 18.4 Å². The lowest BCUT2D eigenvalue weighted by molar-refractivity contribution is 0.307. The highest BCUT2D eigenvalue weighted by Gasteiger charge is 2.11. The number of ether oxygens (including phenoxy) is 1. The van der Waals surface area contributed by atoms with E-state index in [4.69, 9.17) is 10.5 Å². The fraction of sp³-hybridized carbons (Fsp3) is 0.143. The Balaban J connectivity index is 1.93. The van der Waals surface area contributed by atoms with Gasteiger partial charge < -0.3 is 10.5 Å². The van der Waals surface area contributed by atoms with E-state index >= 15 is 0 Å². The van der Waals surface area contributed by atoms with Crippen molar-refractivity contribution in [1.82, 2.24) is 0 Å². The topological polar surface area (TPSA) is 69.4 Å². The first-order chi connectivity index (χ1) is 12.5. The first-order valence-electron chi connectivity index (χ1n) is 8.27. The van der Waals surface area contributed by atoms with Crippen molar-refractivity contribution in [3.05, 3.63) is 83.9 Å². The van der Waals surface area contributed by atoms with E-state index in [1.807, 2.05) is 48.5 Å². The average molecular weight is 367 g/mol. The summed E-state index contributed by atoms with van der Waals surface area (Å²) in [5.41, 5.74) is 9.60. The summed E-state index contributed by atoms with van der Waals surface area (Å²) in [6.07, 6.45) is 1.20. The molecule has 0 radical (unpaired) electrons. The first-order valence-corrected chi connectivity index (χ1v) is 10.2.